The van der Waals surface area contributed by atoms with Crippen LogP contribution in [0.15, 0.2) is 18.2 Å². The molecule has 1 aromatic rings. The Morgan fingerprint density at radius 2 is 2.14 bits per heavy atom. The lowest BCUT2D eigenvalue weighted by Gasteiger charge is -2.35. The van der Waals surface area contributed by atoms with Crippen molar-refractivity contribution < 1.29 is 5.11 Å². The second-order valence-electron chi connectivity index (χ2n) is 3.82. The number of aliphatic hydroxyl groups excluding tert-OH is 1. The third-order valence-electron chi connectivity index (χ3n) is 2.55. The quantitative estimate of drug-likeness (QED) is 0.770. The predicted octanol–water partition coefficient (Wildman–Crippen LogP) is 0.821. The zero-order chi connectivity index (χ0) is 9.97. The van der Waals surface area contributed by atoms with Gasteiger partial charge < -0.3 is 5.11 Å². The lowest BCUT2D eigenvalue weighted by Crippen LogP contribution is -2.49. The fourth-order valence-electron chi connectivity index (χ4n) is 1.72. The van der Waals surface area contributed by atoms with Gasteiger partial charge in [-0.1, -0.05) is 13.0 Å². The van der Waals surface area contributed by atoms with E-state index in [2.05, 4.69) is 28.9 Å². The fourth-order valence-corrected chi connectivity index (χ4v) is 1.72. The van der Waals surface area contributed by atoms with Gasteiger partial charge >= 0.3 is 0 Å². The molecule has 0 unspecified atom stereocenters. The summed E-state index contributed by atoms with van der Waals surface area (Å²) in [5.74, 6) is 0. The van der Waals surface area contributed by atoms with Gasteiger partial charge in [0.25, 0.3) is 0 Å². The van der Waals surface area contributed by atoms with Gasteiger partial charge in [-0.2, -0.15) is 0 Å². The minimum absolute atomic E-state index is 0.121. The molecule has 1 fully saturated rings. The van der Waals surface area contributed by atoms with Crippen LogP contribution in [0.1, 0.15) is 18.3 Å². The molecule has 2 rings (SSSR count). The van der Waals surface area contributed by atoms with Crippen LogP contribution in [0.3, 0.4) is 0 Å². The number of aliphatic hydroxyl groups is 1. The summed E-state index contributed by atoms with van der Waals surface area (Å²) < 4.78 is 0. The lowest BCUT2D eigenvalue weighted by molar-refractivity contribution is -0.00356. The summed E-state index contributed by atoms with van der Waals surface area (Å²) in [5.41, 5.74) is 2.25. The van der Waals surface area contributed by atoms with Crippen molar-refractivity contribution in [3.05, 3.63) is 29.6 Å². The monoisotopic (exact) mass is 192 g/mol. The van der Waals surface area contributed by atoms with E-state index in [0.717, 1.165) is 37.4 Å². The van der Waals surface area contributed by atoms with E-state index >= 15 is 0 Å². The molecule has 14 heavy (non-hydrogen) atoms. The van der Waals surface area contributed by atoms with E-state index in [4.69, 9.17) is 5.11 Å². The largest absolute Gasteiger partial charge is 0.390 e. The molecule has 0 spiro atoms. The SMILES string of the molecule is CCc1cccc(CN2CC(O)C2)n1. The fraction of sp³-hybridized carbons (Fsp3) is 0.545. The molecular weight excluding hydrogens is 176 g/mol. The molecule has 3 heteroatoms. The zero-order valence-corrected chi connectivity index (χ0v) is 8.48. The number of hydrogen-bond donors (Lipinski definition) is 1. The first kappa shape index (κ1) is 9.62. The molecule has 0 radical (unpaired) electrons. The topological polar surface area (TPSA) is 36.4 Å². The van der Waals surface area contributed by atoms with Crippen molar-refractivity contribution in [3.8, 4) is 0 Å². The smallest absolute Gasteiger partial charge is 0.0794 e. The third-order valence-corrected chi connectivity index (χ3v) is 2.55. The standard InChI is InChI=1S/C11H16N2O/c1-2-9-4-3-5-10(12-9)6-13-7-11(14)8-13/h3-5,11,14H,2,6-8H2,1H3. The van der Waals surface area contributed by atoms with Crippen LogP contribution in [0.4, 0.5) is 0 Å². The Balaban J connectivity index is 1.95. The Labute approximate surface area is 84.4 Å². The number of likely N-dealkylation sites (tertiary alicyclic amines) is 1. The van der Waals surface area contributed by atoms with E-state index in [9.17, 15) is 0 Å². The van der Waals surface area contributed by atoms with E-state index in [-0.39, 0.29) is 6.10 Å². The van der Waals surface area contributed by atoms with Gasteiger partial charge in [0.1, 0.15) is 0 Å². The van der Waals surface area contributed by atoms with Gasteiger partial charge in [0.05, 0.1) is 11.8 Å². The van der Waals surface area contributed by atoms with Crippen molar-refractivity contribution in [1.82, 2.24) is 9.88 Å². The van der Waals surface area contributed by atoms with Crippen LogP contribution in [-0.4, -0.2) is 34.2 Å². The maximum atomic E-state index is 9.14. The van der Waals surface area contributed by atoms with Gasteiger partial charge in [-0.3, -0.25) is 9.88 Å². The Morgan fingerprint density at radius 1 is 1.43 bits per heavy atom. The van der Waals surface area contributed by atoms with Crippen LogP contribution in [0.2, 0.25) is 0 Å². The summed E-state index contributed by atoms with van der Waals surface area (Å²) in [6.45, 7) is 4.56. The summed E-state index contributed by atoms with van der Waals surface area (Å²) in [7, 11) is 0. The van der Waals surface area contributed by atoms with Crippen LogP contribution in [0.5, 0.6) is 0 Å². The molecule has 0 amide bonds. The lowest BCUT2D eigenvalue weighted by atomic mass is 10.1. The number of β-amino-alcohol motifs (C(OH)–C–C–N with tert-alkyl or cyclic N) is 1. The molecule has 0 saturated carbocycles. The van der Waals surface area contributed by atoms with Gasteiger partial charge in [0.15, 0.2) is 0 Å². The number of hydrogen-bond acceptors (Lipinski definition) is 3. The van der Waals surface area contributed by atoms with Gasteiger partial charge in [-0.05, 0) is 18.6 Å². The molecule has 0 atom stereocenters. The summed E-state index contributed by atoms with van der Waals surface area (Å²) in [4.78, 5) is 6.72. The highest BCUT2D eigenvalue weighted by Crippen LogP contribution is 2.11. The van der Waals surface area contributed by atoms with E-state index in [1.807, 2.05) is 6.07 Å². The maximum absolute atomic E-state index is 9.14. The molecule has 1 saturated heterocycles. The zero-order valence-electron chi connectivity index (χ0n) is 8.48. The molecular formula is C11H16N2O. The first-order valence-corrected chi connectivity index (χ1v) is 5.13. The van der Waals surface area contributed by atoms with Crippen molar-refractivity contribution in [2.24, 2.45) is 0 Å². The number of pyridine rings is 1. The van der Waals surface area contributed by atoms with Gasteiger partial charge in [0.2, 0.25) is 0 Å². The normalized spacial score (nSPS) is 18.1. The van der Waals surface area contributed by atoms with E-state index < -0.39 is 0 Å². The molecule has 1 N–H and O–H groups in total. The third kappa shape index (κ3) is 2.11. The highest BCUT2D eigenvalue weighted by Gasteiger charge is 2.24. The molecule has 1 aromatic heterocycles. The second kappa shape index (κ2) is 4.07. The molecule has 1 aliphatic heterocycles. The van der Waals surface area contributed by atoms with Crippen molar-refractivity contribution >= 4 is 0 Å². The average Bonchev–Trinajstić information content (AvgIpc) is 2.16. The Hall–Kier alpha value is -0.930. The van der Waals surface area contributed by atoms with Gasteiger partial charge in [0, 0.05) is 25.3 Å². The van der Waals surface area contributed by atoms with Crippen LogP contribution in [-0.2, 0) is 13.0 Å². The van der Waals surface area contributed by atoms with Gasteiger partial charge in [-0.15, -0.1) is 0 Å². The summed E-state index contributed by atoms with van der Waals surface area (Å²) in [6.07, 6.45) is 0.862. The molecule has 1 aliphatic rings. The van der Waals surface area contributed by atoms with Crippen molar-refractivity contribution in [2.45, 2.75) is 26.0 Å². The number of aromatic nitrogens is 1. The number of aryl methyl sites for hydroxylation is 1. The minimum atomic E-state index is -0.121. The van der Waals surface area contributed by atoms with E-state index in [1.165, 1.54) is 0 Å². The molecule has 0 aliphatic carbocycles. The molecule has 0 aromatic carbocycles. The van der Waals surface area contributed by atoms with Crippen LogP contribution >= 0.6 is 0 Å². The maximum Gasteiger partial charge on any atom is 0.0794 e. The molecule has 2 heterocycles. The van der Waals surface area contributed by atoms with Crippen molar-refractivity contribution in [3.63, 3.8) is 0 Å². The Bertz CT molecular complexity index is 308. The molecule has 0 bridgehead atoms. The second-order valence-corrected chi connectivity index (χ2v) is 3.82. The first-order valence-electron chi connectivity index (χ1n) is 5.13. The summed E-state index contributed by atoms with van der Waals surface area (Å²) in [6, 6.07) is 6.15. The highest BCUT2D eigenvalue weighted by atomic mass is 16.3. The van der Waals surface area contributed by atoms with Gasteiger partial charge in [-0.25, -0.2) is 0 Å². The first-order chi connectivity index (χ1) is 6.78. The Morgan fingerprint density at radius 3 is 2.79 bits per heavy atom. The number of nitrogens with zero attached hydrogens (tertiary/aromatic N) is 2. The van der Waals surface area contributed by atoms with Crippen LogP contribution < -0.4 is 0 Å². The summed E-state index contributed by atoms with van der Waals surface area (Å²) in [5, 5.41) is 9.14. The van der Waals surface area contributed by atoms with Crippen LogP contribution in [0, 0.1) is 0 Å². The average molecular weight is 192 g/mol. The molecule has 76 valence electrons. The Kier molecular flexibility index (Phi) is 2.79. The number of rotatable bonds is 3. The highest BCUT2D eigenvalue weighted by molar-refractivity contribution is 5.11. The van der Waals surface area contributed by atoms with Crippen molar-refractivity contribution in [2.75, 3.05) is 13.1 Å². The van der Waals surface area contributed by atoms with E-state index in [1.54, 1.807) is 0 Å². The van der Waals surface area contributed by atoms with E-state index in [0.29, 0.717) is 0 Å². The minimum Gasteiger partial charge on any atom is -0.390 e. The van der Waals surface area contributed by atoms with Crippen LogP contribution in [0.25, 0.3) is 0 Å². The van der Waals surface area contributed by atoms with Crippen molar-refractivity contribution in [1.29, 1.82) is 0 Å². The summed E-state index contributed by atoms with van der Waals surface area (Å²) >= 11 is 0. The molecule has 3 nitrogen and oxygen atoms in total. The predicted molar refractivity (Wildman–Crippen MR) is 54.9 cm³/mol.